The first-order chi connectivity index (χ1) is 19.7. The molecule has 2 N–H and O–H groups in total. The molecule has 1 aromatic heterocycles. The second kappa shape index (κ2) is 13.6. The Hall–Kier alpha value is -4.69. The number of carbonyl (C=O) groups is 3. The average Bonchev–Trinajstić information content (AvgIpc) is 3.29. The lowest BCUT2D eigenvalue weighted by Crippen LogP contribution is -2.14. The number of ether oxygens (including phenoxy) is 2. The van der Waals surface area contributed by atoms with Crippen LogP contribution in [-0.2, 0) is 16.1 Å². The number of anilines is 2. The smallest absolute Gasteiger partial charge is 0.341 e. The van der Waals surface area contributed by atoms with Crippen molar-refractivity contribution in [2.24, 2.45) is 0 Å². The molecule has 8 heteroatoms. The lowest BCUT2D eigenvalue weighted by Gasteiger charge is -2.09. The van der Waals surface area contributed by atoms with Gasteiger partial charge in [0, 0.05) is 11.8 Å². The zero-order valence-electron chi connectivity index (χ0n) is 23.4. The van der Waals surface area contributed by atoms with Crippen LogP contribution < -0.4 is 15.4 Å². The topological polar surface area (TPSA) is 93.7 Å². The monoisotopic (exact) mass is 568 g/mol. The van der Waals surface area contributed by atoms with Crippen molar-refractivity contribution in [1.29, 1.82) is 0 Å². The van der Waals surface area contributed by atoms with Gasteiger partial charge >= 0.3 is 5.97 Å². The second-order valence-corrected chi connectivity index (χ2v) is 10.4. The Balaban J connectivity index is 1.46. The van der Waals surface area contributed by atoms with Gasteiger partial charge in [0.05, 0.1) is 17.0 Å². The molecule has 0 spiro atoms. The first-order valence-corrected chi connectivity index (χ1v) is 14.0. The third kappa shape index (κ3) is 7.70. The maximum atomic E-state index is 13.2. The molecule has 0 saturated carbocycles. The highest BCUT2D eigenvalue weighted by molar-refractivity contribution is 7.19. The van der Waals surface area contributed by atoms with Gasteiger partial charge in [0.15, 0.2) is 0 Å². The summed E-state index contributed by atoms with van der Waals surface area (Å²) < 4.78 is 11.0. The number of rotatable bonds is 10. The zero-order chi connectivity index (χ0) is 29.4. The molecule has 210 valence electrons. The van der Waals surface area contributed by atoms with Gasteiger partial charge < -0.3 is 20.1 Å². The zero-order valence-corrected chi connectivity index (χ0v) is 24.3. The molecule has 41 heavy (non-hydrogen) atoms. The Morgan fingerprint density at radius 1 is 0.902 bits per heavy atom. The van der Waals surface area contributed by atoms with Gasteiger partial charge in [-0.1, -0.05) is 60.2 Å². The molecule has 2 amide bonds. The number of nitrogens with one attached hydrogen (secondary N) is 2. The average molecular weight is 569 g/mol. The Kier molecular flexibility index (Phi) is 9.71. The number of thiophene rings is 1. The number of carbonyl (C=O) groups excluding carboxylic acids is 3. The number of aryl methyl sites for hydroxylation is 2. The number of amides is 2. The predicted octanol–water partition coefficient (Wildman–Crippen LogP) is 7.33. The molecule has 0 fully saturated rings. The van der Waals surface area contributed by atoms with Crippen LogP contribution in [-0.4, -0.2) is 24.4 Å². The van der Waals surface area contributed by atoms with Crippen LogP contribution in [0.5, 0.6) is 5.75 Å². The van der Waals surface area contributed by atoms with Crippen LogP contribution in [0.25, 0.3) is 6.08 Å². The summed E-state index contributed by atoms with van der Waals surface area (Å²) in [6.45, 7) is 7.90. The summed E-state index contributed by atoms with van der Waals surface area (Å²) in [5, 5.41) is 5.92. The summed E-state index contributed by atoms with van der Waals surface area (Å²) in [5.74, 6) is -0.689. The molecule has 0 saturated heterocycles. The molecule has 4 aromatic rings. The molecule has 0 unspecified atom stereocenters. The van der Waals surface area contributed by atoms with Crippen molar-refractivity contribution in [3.8, 4) is 5.75 Å². The predicted molar refractivity (Wildman–Crippen MR) is 164 cm³/mol. The summed E-state index contributed by atoms with van der Waals surface area (Å²) in [5.41, 5.74) is 5.18. The molecule has 0 radical (unpaired) electrons. The highest BCUT2D eigenvalue weighted by atomic mass is 32.1. The van der Waals surface area contributed by atoms with Crippen molar-refractivity contribution in [3.05, 3.63) is 117 Å². The largest absolute Gasteiger partial charge is 0.489 e. The molecule has 0 atom stereocenters. The normalized spacial score (nSPS) is 10.8. The van der Waals surface area contributed by atoms with Crippen molar-refractivity contribution < 1.29 is 23.9 Å². The van der Waals surface area contributed by atoms with E-state index in [-0.39, 0.29) is 23.1 Å². The van der Waals surface area contributed by atoms with E-state index in [9.17, 15) is 14.4 Å². The van der Waals surface area contributed by atoms with Crippen molar-refractivity contribution in [2.75, 3.05) is 17.2 Å². The quantitative estimate of drug-likeness (QED) is 0.154. The van der Waals surface area contributed by atoms with Gasteiger partial charge in [0.2, 0.25) is 5.91 Å². The van der Waals surface area contributed by atoms with Crippen LogP contribution in [0.3, 0.4) is 0 Å². The Labute approximate surface area is 243 Å². The van der Waals surface area contributed by atoms with Gasteiger partial charge in [0.1, 0.15) is 17.4 Å². The van der Waals surface area contributed by atoms with E-state index in [4.69, 9.17) is 9.47 Å². The summed E-state index contributed by atoms with van der Waals surface area (Å²) >= 11 is 1.04. The standard InChI is InChI=1S/C33H32N2O5S/c1-5-39-33(38)29-23(4)30(31(37)34-27-17-11-21(2)19-22(27)3)41-32(29)35-28(36)18-14-24-12-15-26(16-13-24)40-20-25-9-7-6-8-10-25/h6-19H,5,20H2,1-4H3,(H,34,37)(H,35,36)/b18-14+. The second-order valence-electron chi connectivity index (χ2n) is 9.42. The van der Waals surface area contributed by atoms with Crippen LogP contribution in [0.4, 0.5) is 10.7 Å². The lowest BCUT2D eigenvalue weighted by atomic mass is 10.1. The van der Waals surface area contributed by atoms with E-state index in [0.29, 0.717) is 22.7 Å². The molecule has 7 nitrogen and oxygen atoms in total. The molecule has 0 aliphatic carbocycles. The molecular formula is C33H32N2O5S. The third-order valence-corrected chi connectivity index (χ3v) is 7.46. The van der Waals surface area contributed by atoms with Crippen molar-refractivity contribution in [3.63, 3.8) is 0 Å². The van der Waals surface area contributed by atoms with E-state index in [1.165, 1.54) is 6.08 Å². The Bertz CT molecular complexity index is 1570. The molecular weight excluding hydrogens is 536 g/mol. The van der Waals surface area contributed by atoms with Crippen molar-refractivity contribution in [1.82, 2.24) is 0 Å². The highest BCUT2D eigenvalue weighted by Gasteiger charge is 2.26. The van der Waals surface area contributed by atoms with E-state index in [2.05, 4.69) is 10.6 Å². The van der Waals surface area contributed by atoms with Crippen LogP contribution in [0.15, 0.2) is 78.9 Å². The number of esters is 1. The number of hydrogen-bond donors (Lipinski definition) is 2. The summed E-state index contributed by atoms with van der Waals surface area (Å²) in [4.78, 5) is 39.1. The van der Waals surface area contributed by atoms with E-state index >= 15 is 0 Å². The first-order valence-electron chi connectivity index (χ1n) is 13.2. The Morgan fingerprint density at radius 3 is 2.32 bits per heavy atom. The van der Waals surface area contributed by atoms with E-state index in [1.54, 1.807) is 19.9 Å². The van der Waals surface area contributed by atoms with Gasteiger partial charge in [-0.05, 0) is 74.2 Å². The molecule has 3 aromatic carbocycles. The van der Waals surface area contributed by atoms with E-state index < -0.39 is 11.9 Å². The number of hydrogen-bond acceptors (Lipinski definition) is 6. The maximum Gasteiger partial charge on any atom is 0.341 e. The van der Waals surface area contributed by atoms with Crippen LogP contribution >= 0.6 is 11.3 Å². The fourth-order valence-corrected chi connectivity index (χ4v) is 5.23. The summed E-state index contributed by atoms with van der Waals surface area (Å²) in [6.07, 6.45) is 3.04. The fourth-order valence-electron chi connectivity index (χ4n) is 4.14. The van der Waals surface area contributed by atoms with E-state index in [1.807, 2.05) is 86.6 Å². The van der Waals surface area contributed by atoms with Crippen molar-refractivity contribution >= 4 is 45.9 Å². The summed E-state index contributed by atoms with van der Waals surface area (Å²) in [7, 11) is 0. The minimum atomic E-state index is -0.600. The molecule has 4 rings (SSSR count). The maximum absolute atomic E-state index is 13.2. The molecule has 0 bridgehead atoms. The summed E-state index contributed by atoms with van der Waals surface area (Å²) in [6, 6.07) is 23.0. The van der Waals surface area contributed by atoms with Gasteiger partial charge in [-0.15, -0.1) is 11.3 Å². The Morgan fingerprint density at radius 2 is 1.63 bits per heavy atom. The van der Waals surface area contributed by atoms with Gasteiger partial charge in [-0.2, -0.15) is 0 Å². The van der Waals surface area contributed by atoms with Gasteiger partial charge in [0.25, 0.3) is 5.91 Å². The van der Waals surface area contributed by atoms with Crippen LogP contribution in [0.2, 0.25) is 0 Å². The van der Waals surface area contributed by atoms with Gasteiger partial charge in [-0.25, -0.2) is 4.79 Å². The minimum Gasteiger partial charge on any atom is -0.489 e. The minimum absolute atomic E-state index is 0.163. The lowest BCUT2D eigenvalue weighted by molar-refractivity contribution is -0.111. The van der Waals surface area contributed by atoms with E-state index in [0.717, 1.165) is 39.3 Å². The fraction of sp³-hybridized carbons (Fsp3) is 0.182. The SMILES string of the molecule is CCOC(=O)c1c(NC(=O)/C=C/c2ccc(OCc3ccccc3)cc2)sc(C(=O)Nc2ccc(C)cc2C)c1C. The molecule has 1 heterocycles. The first kappa shape index (κ1) is 29.3. The van der Waals surface area contributed by atoms with Crippen LogP contribution in [0, 0.1) is 20.8 Å². The highest BCUT2D eigenvalue weighted by Crippen LogP contribution is 2.34. The number of benzene rings is 3. The van der Waals surface area contributed by atoms with Crippen molar-refractivity contribution in [2.45, 2.75) is 34.3 Å². The molecule has 0 aliphatic rings. The van der Waals surface area contributed by atoms with Gasteiger partial charge in [-0.3, -0.25) is 9.59 Å². The molecule has 0 aliphatic heterocycles. The third-order valence-electron chi connectivity index (χ3n) is 6.25. The van der Waals surface area contributed by atoms with Crippen LogP contribution in [0.1, 0.15) is 54.8 Å².